The number of allylic oxidation sites excluding steroid dienone is 1. The Bertz CT molecular complexity index is 580. The molecular formula is C17H15BrO. The fraction of sp³-hybridized carbons (Fsp3) is 0.118. The molecule has 1 nitrogen and oxygen atoms in total. The molecule has 0 spiro atoms. The SMILES string of the molecule is CCc1ccc(C=CC(=O)c2ccc(Br)cc2)cc1. The molecule has 0 saturated carbocycles. The number of halogens is 1. The molecule has 96 valence electrons. The monoisotopic (exact) mass is 314 g/mol. The molecule has 0 aliphatic heterocycles. The first-order valence-corrected chi connectivity index (χ1v) is 7.05. The molecule has 0 unspecified atom stereocenters. The van der Waals surface area contributed by atoms with Crippen LogP contribution in [0.1, 0.15) is 28.4 Å². The van der Waals surface area contributed by atoms with Crippen molar-refractivity contribution in [2.75, 3.05) is 0 Å². The topological polar surface area (TPSA) is 17.1 Å². The Morgan fingerprint density at radius 1 is 1.05 bits per heavy atom. The van der Waals surface area contributed by atoms with Crippen LogP contribution < -0.4 is 0 Å². The molecule has 0 saturated heterocycles. The minimum Gasteiger partial charge on any atom is -0.289 e. The van der Waals surface area contributed by atoms with Crippen molar-refractivity contribution in [3.63, 3.8) is 0 Å². The summed E-state index contributed by atoms with van der Waals surface area (Å²) in [4.78, 5) is 12.0. The minimum atomic E-state index is 0.0204. The molecule has 0 aliphatic carbocycles. The number of benzene rings is 2. The normalized spacial score (nSPS) is 10.8. The fourth-order valence-corrected chi connectivity index (χ4v) is 2.01. The lowest BCUT2D eigenvalue weighted by Gasteiger charge is -1.98. The lowest BCUT2D eigenvalue weighted by Crippen LogP contribution is -1.93. The van der Waals surface area contributed by atoms with E-state index in [2.05, 4.69) is 35.0 Å². The van der Waals surface area contributed by atoms with E-state index in [9.17, 15) is 4.79 Å². The van der Waals surface area contributed by atoms with Crippen molar-refractivity contribution in [2.24, 2.45) is 0 Å². The van der Waals surface area contributed by atoms with Gasteiger partial charge >= 0.3 is 0 Å². The van der Waals surface area contributed by atoms with Crippen LogP contribution in [0.15, 0.2) is 59.1 Å². The average Bonchev–Trinajstić information content (AvgIpc) is 2.46. The molecule has 0 aliphatic rings. The van der Waals surface area contributed by atoms with Crippen molar-refractivity contribution in [2.45, 2.75) is 13.3 Å². The van der Waals surface area contributed by atoms with Crippen LogP contribution >= 0.6 is 15.9 Å². The smallest absolute Gasteiger partial charge is 0.185 e. The Kier molecular flexibility index (Phi) is 4.69. The van der Waals surface area contributed by atoms with Crippen LogP contribution in [0.3, 0.4) is 0 Å². The van der Waals surface area contributed by atoms with Crippen molar-refractivity contribution >= 4 is 27.8 Å². The second-order valence-corrected chi connectivity index (χ2v) is 5.22. The van der Waals surface area contributed by atoms with Gasteiger partial charge in [0.25, 0.3) is 0 Å². The van der Waals surface area contributed by atoms with E-state index in [4.69, 9.17) is 0 Å². The van der Waals surface area contributed by atoms with Crippen molar-refractivity contribution in [3.8, 4) is 0 Å². The third kappa shape index (κ3) is 3.90. The first kappa shape index (κ1) is 13.8. The number of rotatable bonds is 4. The summed E-state index contributed by atoms with van der Waals surface area (Å²) in [5.74, 6) is 0.0204. The molecule has 0 fully saturated rings. The zero-order valence-corrected chi connectivity index (χ0v) is 12.4. The predicted octanol–water partition coefficient (Wildman–Crippen LogP) is 4.91. The van der Waals surface area contributed by atoms with E-state index in [-0.39, 0.29) is 5.78 Å². The molecule has 2 rings (SSSR count). The lowest BCUT2D eigenvalue weighted by molar-refractivity contribution is 0.104. The maximum absolute atomic E-state index is 12.0. The minimum absolute atomic E-state index is 0.0204. The van der Waals surface area contributed by atoms with Gasteiger partial charge in [0, 0.05) is 10.0 Å². The number of hydrogen-bond acceptors (Lipinski definition) is 1. The van der Waals surface area contributed by atoms with Gasteiger partial charge < -0.3 is 0 Å². The van der Waals surface area contributed by atoms with Gasteiger partial charge in [-0.1, -0.05) is 53.2 Å². The van der Waals surface area contributed by atoms with Crippen LogP contribution in [-0.4, -0.2) is 5.78 Å². The summed E-state index contributed by atoms with van der Waals surface area (Å²) in [6, 6.07) is 15.6. The van der Waals surface area contributed by atoms with E-state index in [1.165, 1.54) is 5.56 Å². The van der Waals surface area contributed by atoms with Crippen LogP contribution in [-0.2, 0) is 6.42 Å². The van der Waals surface area contributed by atoms with E-state index in [1.807, 2.05) is 42.5 Å². The molecule has 2 heteroatoms. The summed E-state index contributed by atoms with van der Waals surface area (Å²) in [5.41, 5.74) is 3.05. The summed E-state index contributed by atoms with van der Waals surface area (Å²) in [7, 11) is 0. The second kappa shape index (κ2) is 6.48. The van der Waals surface area contributed by atoms with E-state index in [0.717, 1.165) is 16.5 Å². The van der Waals surface area contributed by atoms with Crippen LogP contribution in [0.25, 0.3) is 6.08 Å². The maximum Gasteiger partial charge on any atom is 0.185 e. The molecule has 0 aromatic heterocycles. The van der Waals surface area contributed by atoms with Gasteiger partial charge in [-0.05, 0) is 47.9 Å². The van der Waals surface area contributed by atoms with E-state index >= 15 is 0 Å². The summed E-state index contributed by atoms with van der Waals surface area (Å²) in [5, 5.41) is 0. The Morgan fingerprint density at radius 3 is 2.26 bits per heavy atom. The van der Waals surface area contributed by atoms with Gasteiger partial charge in [0.1, 0.15) is 0 Å². The second-order valence-electron chi connectivity index (χ2n) is 4.30. The highest BCUT2D eigenvalue weighted by Crippen LogP contribution is 2.12. The van der Waals surface area contributed by atoms with Gasteiger partial charge in [0.05, 0.1) is 0 Å². The zero-order chi connectivity index (χ0) is 13.7. The van der Waals surface area contributed by atoms with Gasteiger partial charge in [-0.2, -0.15) is 0 Å². The highest BCUT2D eigenvalue weighted by atomic mass is 79.9. The quantitative estimate of drug-likeness (QED) is 0.579. The van der Waals surface area contributed by atoms with Crippen LogP contribution in [0.2, 0.25) is 0 Å². The van der Waals surface area contributed by atoms with E-state index in [0.29, 0.717) is 5.56 Å². The van der Waals surface area contributed by atoms with Gasteiger partial charge in [-0.25, -0.2) is 0 Å². The number of aryl methyl sites for hydroxylation is 1. The molecule has 0 N–H and O–H groups in total. The van der Waals surface area contributed by atoms with Crippen molar-refractivity contribution < 1.29 is 4.79 Å². The standard InChI is InChI=1S/C17H15BrO/c1-2-13-3-5-14(6-4-13)7-12-17(19)15-8-10-16(18)11-9-15/h3-12H,2H2,1H3. The maximum atomic E-state index is 12.0. The van der Waals surface area contributed by atoms with E-state index < -0.39 is 0 Å². The van der Waals surface area contributed by atoms with Gasteiger partial charge in [0.15, 0.2) is 5.78 Å². The first-order chi connectivity index (χ1) is 9.19. The largest absolute Gasteiger partial charge is 0.289 e. The highest BCUT2D eigenvalue weighted by Gasteiger charge is 2.00. The molecule has 0 amide bonds. The number of carbonyl (C=O) groups excluding carboxylic acids is 1. The van der Waals surface area contributed by atoms with Gasteiger partial charge in [-0.15, -0.1) is 0 Å². The Balaban J connectivity index is 2.08. The molecule has 0 bridgehead atoms. The third-order valence-corrected chi connectivity index (χ3v) is 3.47. The Morgan fingerprint density at radius 2 is 1.68 bits per heavy atom. The number of carbonyl (C=O) groups is 1. The Hall–Kier alpha value is -1.67. The molecule has 0 heterocycles. The summed E-state index contributed by atoms with van der Waals surface area (Å²) in [6.45, 7) is 2.13. The first-order valence-electron chi connectivity index (χ1n) is 6.26. The van der Waals surface area contributed by atoms with Crippen LogP contribution in [0, 0.1) is 0 Å². The number of hydrogen-bond donors (Lipinski definition) is 0. The zero-order valence-electron chi connectivity index (χ0n) is 10.8. The lowest BCUT2D eigenvalue weighted by atomic mass is 10.1. The van der Waals surface area contributed by atoms with Crippen molar-refractivity contribution in [3.05, 3.63) is 75.8 Å². The van der Waals surface area contributed by atoms with Crippen LogP contribution in [0.5, 0.6) is 0 Å². The van der Waals surface area contributed by atoms with Gasteiger partial charge in [0.2, 0.25) is 0 Å². The van der Waals surface area contributed by atoms with E-state index in [1.54, 1.807) is 6.08 Å². The third-order valence-electron chi connectivity index (χ3n) is 2.94. The average molecular weight is 315 g/mol. The molecule has 0 atom stereocenters. The molecular weight excluding hydrogens is 300 g/mol. The number of ketones is 1. The van der Waals surface area contributed by atoms with Gasteiger partial charge in [-0.3, -0.25) is 4.79 Å². The molecule has 2 aromatic rings. The predicted molar refractivity (Wildman–Crippen MR) is 83.3 cm³/mol. The molecule has 0 radical (unpaired) electrons. The summed E-state index contributed by atoms with van der Waals surface area (Å²) >= 11 is 3.35. The highest BCUT2D eigenvalue weighted by molar-refractivity contribution is 9.10. The Labute approximate surface area is 122 Å². The molecule has 19 heavy (non-hydrogen) atoms. The van der Waals surface area contributed by atoms with Crippen molar-refractivity contribution in [1.29, 1.82) is 0 Å². The van der Waals surface area contributed by atoms with Crippen LogP contribution in [0.4, 0.5) is 0 Å². The van der Waals surface area contributed by atoms with Crippen molar-refractivity contribution in [1.82, 2.24) is 0 Å². The molecule has 2 aromatic carbocycles. The summed E-state index contributed by atoms with van der Waals surface area (Å²) in [6.07, 6.45) is 4.50. The summed E-state index contributed by atoms with van der Waals surface area (Å²) < 4.78 is 0.975. The fourth-order valence-electron chi connectivity index (χ4n) is 1.75.